The van der Waals surface area contributed by atoms with Crippen LogP contribution in [-0.4, -0.2) is 35.2 Å². The molecule has 0 saturated heterocycles. The Balaban J connectivity index is 1.50. The molecule has 0 saturated carbocycles. The molecule has 172 valence electrons. The Hall–Kier alpha value is -4.11. The molecule has 0 aliphatic carbocycles. The first-order chi connectivity index (χ1) is 16.5. The second-order valence-electron chi connectivity index (χ2n) is 7.35. The maximum Gasteiger partial charge on any atom is 0.251 e. The predicted octanol–water partition coefficient (Wildman–Crippen LogP) is 4.33. The summed E-state index contributed by atoms with van der Waals surface area (Å²) in [7, 11) is 1.55. The van der Waals surface area contributed by atoms with Crippen molar-refractivity contribution in [3.05, 3.63) is 95.8 Å². The monoisotopic (exact) mass is 476 g/mol. The van der Waals surface area contributed by atoms with E-state index >= 15 is 0 Å². The Morgan fingerprint density at radius 3 is 2.35 bits per heavy atom. The van der Waals surface area contributed by atoms with E-state index in [0.717, 1.165) is 16.9 Å². The van der Waals surface area contributed by atoms with Crippen LogP contribution in [0.3, 0.4) is 0 Å². The van der Waals surface area contributed by atoms with Gasteiger partial charge in [0, 0.05) is 17.5 Å². The average Bonchev–Trinajstić information content (AvgIpc) is 3.33. The smallest absolute Gasteiger partial charge is 0.251 e. The van der Waals surface area contributed by atoms with Crippen LogP contribution in [0.15, 0.2) is 78.9 Å². The summed E-state index contributed by atoms with van der Waals surface area (Å²) >= 11 is 1.16. The first-order valence-electron chi connectivity index (χ1n) is 10.4. The zero-order valence-electron chi connectivity index (χ0n) is 18.2. The first-order valence-corrected chi connectivity index (χ1v) is 11.2. The number of amides is 2. The molecule has 1 unspecified atom stereocenters. The van der Waals surface area contributed by atoms with Crippen molar-refractivity contribution in [1.82, 2.24) is 15.5 Å². The molecule has 0 fully saturated rings. The number of ether oxygens (including phenoxy) is 1. The van der Waals surface area contributed by atoms with Crippen LogP contribution in [0.1, 0.15) is 15.9 Å². The van der Waals surface area contributed by atoms with Crippen molar-refractivity contribution in [3.8, 4) is 16.3 Å². The van der Waals surface area contributed by atoms with Crippen molar-refractivity contribution in [2.24, 2.45) is 0 Å². The van der Waals surface area contributed by atoms with Crippen LogP contribution in [0.4, 0.5) is 9.52 Å². The summed E-state index contributed by atoms with van der Waals surface area (Å²) in [6.45, 7) is 0. The van der Waals surface area contributed by atoms with Crippen molar-refractivity contribution >= 4 is 28.3 Å². The van der Waals surface area contributed by atoms with Crippen molar-refractivity contribution in [2.45, 2.75) is 12.5 Å². The lowest BCUT2D eigenvalue weighted by Crippen LogP contribution is -2.45. The van der Waals surface area contributed by atoms with Gasteiger partial charge in [0.25, 0.3) is 5.91 Å². The zero-order valence-corrected chi connectivity index (χ0v) is 19.0. The van der Waals surface area contributed by atoms with Crippen LogP contribution in [-0.2, 0) is 11.2 Å². The van der Waals surface area contributed by atoms with Gasteiger partial charge in [0.2, 0.25) is 11.0 Å². The standard InChI is InChI=1S/C25H21FN4O3S/c1-33-20-13-9-17(10-14-20)22(31)27-21(15-16-5-3-2-4-6-16)23(32)28-25-30-29-24(34-25)18-7-11-19(26)12-8-18/h2-14,21H,15H2,1H3,(H,27,31)(H,28,30,32). The Morgan fingerprint density at radius 2 is 1.68 bits per heavy atom. The minimum absolute atomic E-state index is 0.279. The molecule has 4 rings (SSSR count). The van der Waals surface area contributed by atoms with E-state index in [2.05, 4.69) is 20.8 Å². The normalized spacial score (nSPS) is 11.5. The van der Waals surface area contributed by atoms with E-state index < -0.39 is 11.9 Å². The second kappa shape index (κ2) is 10.7. The van der Waals surface area contributed by atoms with Gasteiger partial charge in [0.15, 0.2) is 0 Å². The van der Waals surface area contributed by atoms with Gasteiger partial charge in [0.05, 0.1) is 7.11 Å². The number of hydrogen-bond acceptors (Lipinski definition) is 6. The van der Waals surface area contributed by atoms with E-state index in [9.17, 15) is 14.0 Å². The lowest BCUT2D eigenvalue weighted by molar-refractivity contribution is -0.118. The molecule has 3 aromatic carbocycles. The van der Waals surface area contributed by atoms with Gasteiger partial charge < -0.3 is 10.1 Å². The van der Waals surface area contributed by atoms with Gasteiger partial charge in [-0.1, -0.05) is 41.7 Å². The lowest BCUT2D eigenvalue weighted by atomic mass is 10.0. The average molecular weight is 477 g/mol. The summed E-state index contributed by atoms with van der Waals surface area (Å²) in [6, 6.07) is 21.0. The lowest BCUT2D eigenvalue weighted by Gasteiger charge is -2.18. The Morgan fingerprint density at radius 1 is 0.971 bits per heavy atom. The molecule has 1 atom stereocenters. The largest absolute Gasteiger partial charge is 0.497 e. The quantitative estimate of drug-likeness (QED) is 0.395. The van der Waals surface area contributed by atoms with E-state index in [1.54, 1.807) is 43.5 Å². The highest BCUT2D eigenvalue weighted by atomic mass is 32.1. The molecule has 2 N–H and O–H groups in total. The summed E-state index contributed by atoms with van der Waals surface area (Å²) in [4.78, 5) is 25.9. The molecule has 0 spiro atoms. The number of rotatable bonds is 8. The molecular weight excluding hydrogens is 455 g/mol. The maximum absolute atomic E-state index is 13.2. The third-order valence-electron chi connectivity index (χ3n) is 5.00. The molecule has 1 aromatic heterocycles. The number of anilines is 1. The zero-order chi connectivity index (χ0) is 23.9. The summed E-state index contributed by atoms with van der Waals surface area (Å²) in [6.07, 6.45) is 0.290. The molecule has 34 heavy (non-hydrogen) atoms. The van der Waals surface area contributed by atoms with Crippen LogP contribution in [0.25, 0.3) is 10.6 Å². The number of carbonyl (C=O) groups excluding carboxylic acids is 2. The number of halogens is 1. The third-order valence-corrected chi connectivity index (χ3v) is 5.89. The number of carbonyl (C=O) groups is 2. The first kappa shape index (κ1) is 23.1. The minimum atomic E-state index is -0.852. The number of methoxy groups -OCH3 is 1. The second-order valence-corrected chi connectivity index (χ2v) is 8.33. The fourth-order valence-electron chi connectivity index (χ4n) is 3.22. The highest BCUT2D eigenvalue weighted by molar-refractivity contribution is 7.18. The van der Waals surface area contributed by atoms with Crippen molar-refractivity contribution < 1.29 is 18.7 Å². The Kier molecular flexibility index (Phi) is 7.24. The van der Waals surface area contributed by atoms with E-state index in [0.29, 0.717) is 21.9 Å². The van der Waals surface area contributed by atoms with Gasteiger partial charge in [0.1, 0.15) is 22.6 Å². The summed E-state index contributed by atoms with van der Waals surface area (Å²) < 4.78 is 18.3. The number of nitrogens with one attached hydrogen (secondary N) is 2. The molecule has 0 aliphatic rings. The molecule has 0 bridgehead atoms. The minimum Gasteiger partial charge on any atom is -0.497 e. The third kappa shape index (κ3) is 5.81. The molecule has 0 radical (unpaired) electrons. The fourth-order valence-corrected chi connectivity index (χ4v) is 3.97. The fraction of sp³-hybridized carbons (Fsp3) is 0.120. The van der Waals surface area contributed by atoms with Crippen molar-refractivity contribution in [3.63, 3.8) is 0 Å². The number of benzene rings is 3. The van der Waals surface area contributed by atoms with Crippen LogP contribution in [0, 0.1) is 5.82 Å². The van der Waals surface area contributed by atoms with Gasteiger partial charge in [-0.3, -0.25) is 14.9 Å². The maximum atomic E-state index is 13.2. The van der Waals surface area contributed by atoms with E-state index in [4.69, 9.17) is 4.74 Å². The number of aromatic nitrogens is 2. The topological polar surface area (TPSA) is 93.2 Å². The van der Waals surface area contributed by atoms with Gasteiger partial charge in [-0.05, 0) is 54.1 Å². The van der Waals surface area contributed by atoms with E-state index in [-0.39, 0.29) is 23.3 Å². The number of hydrogen-bond donors (Lipinski definition) is 2. The van der Waals surface area contributed by atoms with Crippen LogP contribution in [0.5, 0.6) is 5.75 Å². The highest BCUT2D eigenvalue weighted by Gasteiger charge is 2.23. The highest BCUT2D eigenvalue weighted by Crippen LogP contribution is 2.26. The Labute approximate surface area is 199 Å². The summed E-state index contributed by atoms with van der Waals surface area (Å²) in [5.74, 6) is -0.531. The number of nitrogens with zero attached hydrogens (tertiary/aromatic N) is 2. The molecule has 9 heteroatoms. The van der Waals surface area contributed by atoms with Crippen LogP contribution < -0.4 is 15.4 Å². The SMILES string of the molecule is COc1ccc(C(=O)NC(Cc2ccccc2)C(=O)Nc2nnc(-c3ccc(F)cc3)s2)cc1. The van der Waals surface area contributed by atoms with Crippen molar-refractivity contribution in [2.75, 3.05) is 12.4 Å². The van der Waals surface area contributed by atoms with Crippen LogP contribution in [0.2, 0.25) is 0 Å². The molecule has 1 heterocycles. The van der Waals surface area contributed by atoms with Crippen LogP contribution >= 0.6 is 11.3 Å². The van der Waals surface area contributed by atoms with Gasteiger partial charge in [-0.15, -0.1) is 10.2 Å². The molecule has 2 amide bonds. The Bertz CT molecular complexity index is 1260. The summed E-state index contributed by atoms with van der Waals surface area (Å²) in [5, 5.41) is 14.4. The molecular formula is C25H21FN4O3S. The predicted molar refractivity (Wildman–Crippen MR) is 128 cm³/mol. The van der Waals surface area contributed by atoms with Crippen molar-refractivity contribution in [1.29, 1.82) is 0 Å². The molecule has 0 aliphatic heterocycles. The summed E-state index contributed by atoms with van der Waals surface area (Å²) in [5.41, 5.74) is 1.98. The van der Waals surface area contributed by atoms with Gasteiger partial charge >= 0.3 is 0 Å². The van der Waals surface area contributed by atoms with Gasteiger partial charge in [-0.2, -0.15) is 0 Å². The molecule has 4 aromatic rings. The van der Waals surface area contributed by atoms with Gasteiger partial charge in [-0.25, -0.2) is 4.39 Å². The van der Waals surface area contributed by atoms with E-state index in [1.807, 2.05) is 30.3 Å². The van der Waals surface area contributed by atoms with E-state index in [1.165, 1.54) is 12.1 Å². The molecule has 7 nitrogen and oxygen atoms in total.